The highest BCUT2D eigenvalue weighted by Gasteiger charge is 2.51. The monoisotopic (exact) mass is 358 g/mol. The van der Waals surface area contributed by atoms with Crippen LogP contribution in [0.2, 0.25) is 0 Å². The third kappa shape index (κ3) is 3.30. The van der Waals surface area contributed by atoms with Crippen molar-refractivity contribution in [1.29, 1.82) is 0 Å². The number of nitrogens with zero attached hydrogens (tertiary/aromatic N) is 1. The molecule has 2 aromatic rings. The summed E-state index contributed by atoms with van der Waals surface area (Å²) >= 11 is 0. The molecule has 1 saturated heterocycles. The fourth-order valence-electron chi connectivity index (χ4n) is 3.00. The van der Waals surface area contributed by atoms with Gasteiger partial charge in [0.25, 0.3) is 5.91 Å². The van der Waals surface area contributed by atoms with Crippen LogP contribution in [0.25, 0.3) is 0 Å². The summed E-state index contributed by atoms with van der Waals surface area (Å²) in [6.45, 7) is 5.29. The highest BCUT2D eigenvalue weighted by molar-refractivity contribution is 6.06. The van der Waals surface area contributed by atoms with Gasteiger partial charge in [-0.2, -0.15) is 0 Å². The Bertz CT molecular complexity index is 817. The molecule has 0 radical (unpaired) electrons. The largest absolute Gasteiger partial charge is 0.491 e. The van der Waals surface area contributed by atoms with Gasteiger partial charge in [-0.15, -0.1) is 0 Å². The van der Waals surface area contributed by atoms with Crippen molar-refractivity contribution >= 4 is 11.9 Å². The number of carbonyl (C=O) groups excluding carboxylic acids is 2. The zero-order chi connectivity index (χ0) is 18.9. The summed E-state index contributed by atoms with van der Waals surface area (Å²) in [4.78, 5) is 25.8. The number of amides is 3. The zero-order valence-corrected chi connectivity index (χ0v) is 15.0. The fraction of sp³-hybridized carbons (Fsp3) is 0.368. The highest BCUT2D eigenvalue weighted by Crippen LogP contribution is 2.29. The van der Waals surface area contributed by atoms with Crippen molar-refractivity contribution in [1.82, 2.24) is 10.2 Å². The van der Waals surface area contributed by atoms with Crippen molar-refractivity contribution in [3.8, 4) is 5.75 Å². The Kier molecular flexibility index (Phi) is 4.73. The Morgan fingerprint density at radius 3 is 2.73 bits per heavy atom. The van der Waals surface area contributed by atoms with Gasteiger partial charge in [-0.25, -0.2) is 4.79 Å². The first-order chi connectivity index (χ1) is 12.3. The van der Waals surface area contributed by atoms with Crippen molar-refractivity contribution in [3.05, 3.63) is 53.5 Å². The van der Waals surface area contributed by atoms with Gasteiger partial charge in [0, 0.05) is 0 Å². The molecule has 0 bridgehead atoms. The number of hydrogen-bond donors (Lipinski definition) is 2. The Balaban J connectivity index is 1.63. The fourth-order valence-corrected chi connectivity index (χ4v) is 3.00. The Hall–Kier alpha value is -2.80. The van der Waals surface area contributed by atoms with Crippen LogP contribution < -0.4 is 10.1 Å². The maximum absolute atomic E-state index is 12.7. The number of carbonyl (C=O) groups is 2. The number of β-amino-alcohol motifs (C(OH)–C–C–N with tert-alkyl or cyclic N) is 1. The van der Waals surface area contributed by atoms with E-state index in [9.17, 15) is 14.7 Å². The van der Waals surface area contributed by atoms with Crippen LogP contribution in [-0.4, -0.2) is 41.2 Å². The summed E-state index contributed by atoms with van der Waals surface area (Å²) in [7, 11) is 0. The number of aliphatic hydroxyl groups is 1. The van der Waals surface area contributed by atoms with Gasteiger partial charge < -0.3 is 19.6 Å². The molecular formula is C19H22N2O5. The summed E-state index contributed by atoms with van der Waals surface area (Å²) in [5.74, 6) is 0.537. The molecule has 7 heteroatoms. The number of nitrogens with one attached hydrogen (secondary N) is 1. The predicted molar refractivity (Wildman–Crippen MR) is 93.7 cm³/mol. The number of urea groups is 1. The molecule has 2 unspecified atom stereocenters. The van der Waals surface area contributed by atoms with Gasteiger partial charge in [-0.05, 0) is 44.5 Å². The third-order valence-corrected chi connectivity index (χ3v) is 4.44. The average molecular weight is 358 g/mol. The molecule has 1 fully saturated rings. The lowest BCUT2D eigenvalue weighted by Crippen LogP contribution is -2.42. The maximum Gasteiger partial charge on any atom is 0.325 e. The number of benzene rings is 1. The lowest BCUT2D eigenvalue weighted by atomic mass is 9.99. The van der Waals surface area contributed by atoms with Gasteiger partial charge in [0.05, 0.1) is 12.8 Å². The van der Waals surface area contributed by atoms with Gasteiger partial charge in [0.2, 0.25) is 0 Å². The number of aliphatic hydroxyl groups excluding tert-OH is 1. The first kappa shape index (κ1) is 18.0. The number of furan rings is 1. The summed E-state index contributed by atoms with van der Waals surface area (Å²) in [5, 5.41) is 12.8. The van der Waals surface area contributed by atoms with Crippen molar-refractivity contribution in [3.63, 3.8) is 0 Å². The van der Waals surface area contributed by atoms with Crippen molar-refractivity contribution < 1.29 is 23.8 Å². The zero-order valence-electron chi connectivity index (χ0n) is 15.0. The van der Waals surface area contributed by atoms with Crippen molar-refractivity contribution in [2.24, 2.45) is 0 Å². The lowest BCUT2D eigenvalue weighted by molar-refractivity contribution is -0.132. The van der Waals surface area contributed by atoms with Crippen LogP contribution >= 0.6 is 0 Å². The van der Waals surface area contributed by atoms with Gasteiger partial charge >= 0.3 is 6.03 Å². The minimum absolute atomic E-state index is 0.0293. The molecular weight excluding hydrogens is 336 g/mol. The third-order valence-electron chi connectivity index (χ3n) is 4.44. The summed E-state index contributed by atoms with van der Waals surface area (Å²) in [6.07, 6.45) is 0.430. The van der Waals surface area contributed by atoms with Crippen LogP contribution in [0.15, 0.2) is 41.0 Å². The van der Waals surface area contributed by atoms with E-state index in [0.29, 0.717) is 11.5 Å². The molecule has 1 aliphatic rings. The molecule has 2 heterocycles. The van der Waals surface area contributed by atoms with Crippen molar-refractivity contribution in [2.45, 2.75) is 32.4 Å². The molecule has 138 valence electrons. The SMILES string of the molecule is Cc1ccc(OCC(O)CN2C(=O)NC(C)(c3ccco3)C2=O)c(C)c1. The van der Waals surface area contributed by atoms with E-state index in [0.717, 1.165) is 16.0 Å². The van der Waals surface area contributed by atoms with Gasteiger partial charge in [-0.1, -0.05) is 17.7 Å². The molecule has 0 aliphatic carbocycles. The van der Waals surface area contributed by atoms with Crippen LogP contribution in [0.4, 0.5) is 4.79 Å². The standard InChI is InChI=1S/C19H22N2O5/c1-12-6-7-15(13(2)9-12)26-11-14(22)10-21-17(23)19(3,20-18(21)24)16-5-4-8-25-16/h4-9,14,22H,10-11H2,1-3H3,(H,20,24). The Morgan fingerprint density at radius 1 is 1.31 bits per heavy atom. The molecule has 0 spiro atoms. The summed E-state index contributed by atoms with van der Waals surface area (Å²) in [6, 6.07) is 8.43. The molecule has 1 aromatic carbocycles. The van der Waals surface area contributed by atoms with Gasteiger partial charge in [0.1, 0.15) is 24.2 Å². The Labute approximate surface area is 151 Å². The molecule has 3 amide bonds. The molecule has 2 atom stereocenters. The summed E-state index contributed by atoms with van der Waals surface area (Å²) in [5.41, 5.74) is 0.804. The smallest absolute Gasteiger partial charge is 0.325 e. The number of ether oxygens (including phenoxy) is 1. The second-order valence-electron chi connectivity index (χ2n) is 6.68. The van der Waals surface area contributed by atoms with E-state index in [1.54, 1.807) is 19.1 Å². The van der Waals surface area contributed by atoms with Crippen LogP contribution in [0.5, 0.6) is 5.75 Å². The average Bonchev–Trinajstić information content (AvgIpc) is 3.19. The predicted octanol–water partition coefficient (Wildman–Crippen LogP) is 2.10. The molecule has 0 saturated carbocycles. The van der Waals surface area contributed by atoms with Crippen LogP contribution in [0.1, 0.15) is 23.8 Å². The van der Waals surface area contributed by atoms with Crippen molar-refractivity contribution in [2.75, 3.05) is 13.2 Å². The van der Waals surface area contributed by atoms with E-state index in [-0.39, 0.29) is 13.2 Å². The van der Waals surface area contributed by atoms with Crippen LogP contribution in [-0.2, 0) is 10.3 Å². The van der Waals surface area contributed by atoms with Crippen LogP contribution in [0.3, 0.4) is 0 Å². The molecule has 1 aromatic heterocycles. The second-order valence-corrected chi connectivity index (χ2v) is 6.68. The van der Waals surface area contributed by atoms with E-state index >= 15 is 0 Å². The number of imide groups is 1. The van der Waals surface area contributed by atoms with Gasteiger partial charge in [-0.3, -0.25) is 9.69 Å². The van der Waals surface area contributed by atoms with E-state index in [1.807, 2.05) is 32.0 Å². The number of rotatable bonds is 6. The normalized spacial score (nSPS) is 21.0. The number of aryl methyl sites for hydroxylation is 2. The summed E-state index contributed by atoms with van der Waals surface area (Å²) < 4.78 is 10.9. The molecule has 1 aliphatic heterocycles. The minimum atomic E-state index is -1.27. The molecule has 26 heavy (non-hydrogen) atoms. The molecule has 3 rings (SSSR count). The van der Waals surface area contributed by atoms with E-state index in [1.165, 1.54) is 6.26 Å². The highest BCUT2D eigenvalue weighted by atomic mass is 16.5. The van der Waals surface area contributed by atoms with E-state index in [2.05, 4.69) is 5.32 Å². The van der Waals surface area contributed by atoms with E-state index < -0.39 is 23.6 Å². The number of hydrogen-bond acceptors (Lipinski definition) is 5. The van der Waals surface area contributed by atoms with Gasteiger partial charge in [0.15, 0.2) is 5.54 Å². The molecule has 2 N–H and O–H groups in total. The lowest BCUT2D eigenvalue weighted by Gasteiger charge is -2.21. The Morgan fingerprint density at radius 2 is 2.08 bits per heavy atom. The molecule has 7 nitrogen and oxygen atoms in total. The second kappa shape index (κ2) is 6.84. The topological polar surface area (TPSA) is 92.0 Å². The van der Waals surface area contributed by atoms with Crippen LogP contribution in [0, 0.1) is 13.8 Å². The first-order valence-corrected chi connectivity index (χ1v) is 8.37. The maximum atomic E-state index is 12.7. The first-order valence-electron chi connectivity index (χ1n) is 8.37. The quantitative estimate of drug-likeness (QED) is 0.772. The minimum Gasteiger partial charge on any atom is -0.491 e. The van der Waals surface area contributed by atoms with E-state index in [4.69, 9.17) is 9.15 Å².